The van der Waals surface area contributed by atoms with Crippen molar-refractivity contribution in [2.75, 3.05) is 6.54 Å². The van der Waals surface area contributed by atoms with Gasteiger partial charge in [0.05, 0.1) is 0 Å². The van der Waals surface area contributed by atoms with Gasteiger partial charge < -0.3 is 15.0 Å². The Balaban J connectivity index is 1.75. The Morgan fingerprint density at radius 2 is 1.91 bits per heavy atom. The molecule has 0 saturated carbocycles. The number of hydrogen-bond donors (Lipinski definition) is 2. The smallest absolute Gasteiger partial charge is 0.252 e. The van der Waals surface area contributed by atoms with Crippen molar-refractivity contribution >= 4 is 16.7 Å². The van der Waals surface area contributed by atoms with E-state index in [2.05, 4.69) is 5.32 Å². The zero-order valence-corrected chi connectivity index (χ0v) is 12.4. The number of aromatic nitrogens is 1. The lowest BCUT2D eigenvalue weighted by Crippen LogP contribution is -2.29. The van der Waals surface area contributed by atoms with Crippen LogP contribution in [-0.2, 0) is 7.05 Å². The van der Waals surface area contributed by atoms with Gasteiger partial charge in [-0.15, -0.1) is 0 Å². The number of carbonyl (C=O) groups excluding carboxylic acids is 1. The number of benzene rings is 2. The van der Waals surface area contributed by atoms with Crippen molar-refractivity contribution in [3.05, 3.63) is 72.1 Å². The minimum absolute atomic E-state index is 0.176. The van der Waals surface area contributed by atoms with Crippen LogP contribution < -0.4 is 5.32 Å². The van der Waals surface area contributed by atoms with E-state index in [1.165, 1.54) is 0 Å². The van der Waals surface area contributed by atoms with E-state index in [1.54, 1.807) is 6.07 Å². The van der Waals surface area contributed by atoms with E-state index >= 15 is 0 Å². The van der Waals surface area contributed by atoms with Crippen LogP contribution in [0.2, 0.25) is 0 Å². The molecule has 1 heterocycles. The average Bonchev–Trinajstić information content (AvgIpc) is 2.98. The van der Waals surface area contributed by atoms with Crippen LogP contribution in [0.5, 0.6) is 0 Å². The number of rotatable bonds is 4. The molecular formula is C18H18N2O2. The standard InChI is InChI=1S/C18H18N2O2/c1-20-11-5-10-16(20)17(21)12-19-18(22)15-9-4-7-13-6-2-3-8-14(13)15/h2-11,17,21H,12H2,1H3,(H,19,22). The van der Waals surface area contributed by atoms with E-state index in [9.17, 15) is 9.90 Å². The maximum atomic E-state index is 12.4. The third kappa shape index (κ3) is 2.73. The zero-order chi connectivity index (χ0) is 15.5. The molecule has 3 rings (SSSR count). The minimum atomic E-state index is -0.723. The van der Waals surface area contributed by atoms with E-state index in [-0.39, 0.29) is 12.5 Å². The molecule has 22 heavy (non-hydrogen) atoms. The molecule has 1 unspecified atom stereocenters. The topological polar surface area (TPSA) is 54.3 Å². The Hall–Kier alpha value is -2.59. The summed E-state index contributed by atoms with van der Waals surface area (Å²) >= 11 is 0. The first kappa shape index (κ1) is 14.4. The molecule has 4 heteroatoms. The fourth-order valence-electron chi connectivity index (χ4n) is 2.63. The monoisotopic (exact) mass is 294 g/mol. The molecule has 0 aliphatic rings. The van der Waals surface area contributed by atoms with Crippen LogP contribution in [-0.4, -0.2) is 22.1 Å². The van der Waals surface area contributed by atoms with E-state index in [1.807, 2.05) is 66.3 Å². The molecule has 0 fully saturated rings. The highest BCUT2D eigenvalue weighted by atomic mass is 16.3. The van der Waals surface area contributed by atoms with Crippen molar-refractivity contribution in [1.82, 2.24) is 9.88 Å². The molecule has 0 saturated heterocycles. The summed E-state index contributed by atoms with van der Waals surface area (Å²) in [6.07, 6.45) is 1.14. The quantitative estimate of drug-likeness (QED) is 0.777. The molecule has 1 aromatic heterocycles. The number of aliphatic hydroxyl groups excluding tert-OH is 1. The van der Waals surface area contributed by atoms with Gasteiger partial charge in [0.1, 0.15) is 6.10 Å². The maximum absolute atomic E-state index is 12.4. The maximum Gasteiger partial charge on any atom is 0.252 e. The van der Waals surface area contributed by atoms with Gasteiger partial charge in [0.15, 0.2) is 0 Å². The Kier molecular flexibility index (Phi) is 3.94. The Bertz CT molecular complexity index is 802. The van der Waals surface area contributed by atoms with Crippen LogP contribution in [0.3, 0.4) is 0 Å². The molecule has 2 aromatic carbocycles. The summed E-state index contributed by atoms with van der Waals surface area (Å²) < 4.78 is 1.84. The Morgan fingerprint density at radius 3 is 2.68 bits per heavy atom. The predicted octanol–water partition coefficient (Wildman–Crippen LogP) is 2.64. The molecule has 0 radical (unpaired) electrons. The lowest BCUT2D eigenvalue weighted by Gasteiger charge is -2.14. The molecule has 0 aliphatic carbocycles. The molecule has 2 N–H and O–H groups in total. The summed E-state index contributed by atoms with van der Waals surface area (Å²) in [5.74, 6) is -0.176. The number of aliphatic hydroxyl groups is 1. The second-order valence-corrected chi connectivity index (χ2v) is 5.30. The van der Waals surface area contributed by atoms with Crippen LogP contribution >= 0.6 is 0 Å². The van der Waals surface area contributed by atoms with Crippen molar-refractivity contribution in [2.24, 2.45) is 7.05 Å². The second-order valence-electron chi connectivity index (χ2n) is 5.30. The molecule has 3 aromatic rings. The van der Waals surface area contributed by atoms with Gasteiger partial charge in [0.2, 0.25) is 0 Å². The number of hydrogen-bond acceptors (Lipinski definition) is 2. The average molecular weight is 294 g/mol. The summed E-state index contributed by atoms with van der Waals surface area (Å²) in [5.41, 5.74) is 1.40. The summed E-state index contributed by atoms with van der Waals surface area (Å²) in [5, 5.41) is 14.9. The van der Waals surface area contributed by atoms with Crippen molar-refractivity contribution in [3.63, 3.8) is 0 Å². The second kappa shape index (κ2) is 6.03. The van der Waals surface area contributed by atoms with Crippen LogP contribution in [0.15, 0.2) is 60.8 Å². The summed E-state index contributed by atoms with van der Waals surface area (Å²) in [7, 11) is 1.87. The van der Waals surface area contributed by atoms with E-state index in [0.29, 0.717) is 5.56 Å². The van der Waals surface area contributed by atoms with Crippen LogP contribution in [0.1, 0.15) is 22.2 Å². The van der Waals surface area contributed by atoms with Gasteiger partial charge in [-0.2, -0.15) is 0 Å². The summed E-state index contributed by atoms with van der Waals surface area (Å²) in [4.78, 5) is 12.4. The van der Waals surface area contributed by atoms with Gasteiger partial charge in [0.25, 0.3) is 5.91 Å². The van der Waals surface area contributed by atoms with Crippen LogP contribution in [0.25, 0.3) is 10.8 Å². The van der Waals surface area contributed by atoms with Crippen LogP contribution in [0.4, 0.5) is 0 Å². The van der Waals surface area contributed by atoms with Crippen molar-refractivity contribution in [3.8, 4) is 0 Å². The first-order valence-electron chi connectivity index (χ1n) is 7.22. The van der Waals surface area contributed by atoms with Gasteiger partial charge >= 0.3 is 0 Å². The normalized spacial score (nSPS) is 12.3. The first-order valence-corrected chi connectivity index (χ1v) is 7.22. The van der Waals surface area contributed by atoms with Gasteiger partial charge in [0, 0.05) is 31.0 Å². The summed E-state index contributed by atoms with van der Waals surface area (Å²) in [6, 6.07) is 17.1. The summed E-state index contributed by atoms with van der Waals surface area (Å²) in [6.45, 7) is 0.180. The number of nitrogens with zero attached hydrogens (tertiary/aromatic N) is 1. The third-order valence-corrected chi connectivity index (χ3v) is 3.82. The molecule has 1 amide bonds. The van der Waals surface area contributed by atoms with Gasteiger partial charge in [-0.25, -0.2) is 0 Å². The number of nitrogens with one attached hydrogen (secondary N) is 1. The predicted molar refractivity (Wildman–Crippen MR) is 86.7 cm³/mol. The molecule has 0 bridgehead atoms. The van der Waals surface area contributed by atoms with Crippen molar-refractivity contribution in [1.29, 1.82) is 0 Å². The number of aryl methyl sites for hydroxylation is 1. The number of amides is 1. The Labute approximate surface area is 129 Å². The fourth-order valence-corrected chi connectivity index (χ4v) is 2.63. The SMILES string of the molecule is Cn1cccc1C(O)CNC(=O)c1cccc2ccccc12. The molecule has 4 nitrogen and oxygen atoms in total. The van der Waals surface area contributed by atoms with E-state index in [4.69, 9.17) is 0 Å². The highest BCUT2D eigenvalue weighted by Crippen LogP contribution is 2.18. The largest absolute Gasteiger partial charge is 0.385 e. The zero-order valence-electron chi connectivity index (χ0n) is 12.4. The highest BCUT2D eigenvalue weighted by molar-refractivity contribution is 6.06. The molecule has 112 valence electrons. The molecular weight excluding hydrogens is 276 g/mol. The third-order valence-electron chi connectivity index (χ3n) is 3.82. The Morgan fingerprint density at radius 1 is 1.14 bits per heavy atom. The molecule has 0 aliphatic heterocycles. The number of fused-ring (bicyclic) bond motifs is 1. The molecule has 0 spiro atoms. The highest BCUT2D eigenvalue weighted by Gasteiger charge is 2.14. The van der Waals surface area contributed by atoms with Crippen LogP contribution in [0, 0.1) is 0 Å². The molecule has 1 atom stereocenters. The lowest BCUT2D eigenvalue weighted by molar-refractivity contribution is 0.0914. The van der Waals surface area contributed by atoms with Crippen molar-refractivity contribution in [2.45, 2.75) is 6.10 Å². The van der Waals surface area contributed by atoms with Crippen molar-refractivity contribution < 1.29 is 9.90 Å². The first-order chi connectivity index (χ1) is 10.7. The number of carbonyl (C=O) groups is 1. The van der Waals surface area contributed by atoms with E-state index < -0.39 is 6.10 Å². The van der Waals surface area contributed by atoms with E-state index in [0.717, 1.165) is 16.5 Å². The minimum Gasteiger partial charge on any atom is -0.385 e. The fraction of sp³-hybridized carbons (Fsp3) is 0.167. The lowest BCUT2D eigenvalue weighted by atomic mass is 10.0. The van der Waals surface area contributed by atoms with Gasteiger partial charge in [-0.3, -0.25) is 4.79 Å². The van der Waals surface area contributed by atoms with Gasteiger partial charge in [-0.05, 0) is 29.0 Å². The van der Waals surface area contributed by atoms with Gasteiger partial charge in [-0.1, -0.05) is 36.4 Å².